The lowest BCUT2D eigenvalue weighted by Crippen LogP contribution is -2.45. The number of hydrogen-bond donors (Lipinski definition) is 1. The van der Waals surface area contributed by atoms with Gasteiger partial charge < -0.3 is 10.2 Å². The fourth-order valence-corrected chi connectivity index (χ4v) is 6.67. The molecule has 0 aromatic heterocycles. The van der Waals surface area contributed by atoms with Crippen LogP contribution in [0.2, 0.25) is 0 Å². The molecule has 4 rings (SSSR count). The Morgan fingerprint density at radius 1 is 0.889 bits per heavy atom. The molecule has 1 aromatic carbocycles. The molecule has 1 aliphatic heterocycles. The molecule has 1 N–H and O–H groups in total. The molecule has 1 heterocycles. The smallest absolute Gasteiger partial charge is 0.344 e. The number of halogens is 6. The van der Waals surface area contributed by atoms with Crippen LogP contribution in [0.1, 0.15) is 81.8 Å². The molecule has 1 aromatic rings. The summed E-state index contributed by atoms with van der Waals surface area (Å²) in [5.74, 6) is 0.0130. The Bertz CT molecular complexity index is 920. The summed E-state index contributed by atoms with van der Waals surface area (Å²) in [4.78, 5) is 20.1. The second-order valence-electron chi connectivity index (χ2n) is 9.91. The van der Waals surface area contributed by atoms with Crippen molar-refractivity contribution in [1.82, 2.24) is 4.90 Å². The number of amidine groups is 1. The van der Waals surface area contributed by atoms with Gasteiger partial charge in [-0.2, -0.15) is 26.3 Å². The van der Waals surface area contributed by atoms with Crippen molar-refractivity contribution in [3.63, 3.8) is 0 Å². The molecular formula is C25H31F6N3OS. The van der Waals surface area contributed by atoms with Gasteiger partial charge in [0, 0.05) is 29.9 Å². The molecular weight excluding hydrogens is 504 g/mol. The van der Waals surface area contributed by atoms with Crippen LogP contribution >= 0.6 is 11.8 Å². The summed E-state index contributed by atoms with van der Waals surface area (Å²) in [6.45, 7) is 0. The summed E-state index contributed by atoms with van der Waals surface area (Å²) in [5, 5.41) is 3.23. The maximum Gasteiger partial charge on any atom is 0.416 e. The summed E-state index contributed by atoms with van der Waals surface area (Å²) >= 11 is 1.60. The molecule has 0 bridgehead atoms. The van der Waals surface area contributed by atoms with E-state index in [1.54, 1.807) is 11.8 Å². The van der Waals surface area contributed by atoms with Crippen molar-refractivity contribution in [2.75, 3.05) is 11.1 Å². The number of thioether (sulfide) groups is 1. The Morgan fingerprint density at radius 2 is 1.44 bits per heavy atom. The van der Waals surface area contributed by atoms with Gasteiger partial charge in [0.2, 0.25) is 5.91 Å². The molecule has 1 unspecified atom stereocenters. The average molecular weight is 536 g/mol. The van der Waals surface area contributed by atoms with E-state index in [1.807, 2.05) is 0 Å². The predicted molar refractivity (Wildman–Crippen MR) is 129 cm³/mol. The SMILES string of the molecule is O=C(CC1CSC(=NC2CCCCC2)N1C1CCCCC1)Nc1cc(C(F)(F)F)cc(C(F)(F)F)c1. The Balaban J connectivity index is 1.51. The maximum absolute atomic E-state index is 13.2. The number of hydrogen-bond acceptors (Lipinski definition) is 3. The van der Waals surface area contributed by atoms with Gasteiger partial charge in [-0.05, 0) is 43.9 Å². The van der Waals surface area contributed by atoms with E-state index >= 15 is 0 Å². The monoisotopic (exact) mass is 535 g/mol. The number of aliphatic imine (C=N–C) groups is 1. The first-order valence-electron chi connectivity index (χ1n) is 12.6. The van der Waals surface area contributed by atoms with Gasteiger partial charge in [0.25, 0.3) is 0 Å². The molecule has 1 atom stereocenters. The standard InChI is InChI=1S/C25H31F6N3OS/c26-24(27,28)16-11-17(25(29,30)31)13-19(12-16)32-22(35)14-21-15-36-23(33-18-7-3-1-4-8-18)34(21)20-9-5-2-6-10-20/h11-13,18,20-21H,1-10,14-15H2,(H,32,35). The van der Waals surface area contributed by atoms with Crippen molar-refractivity contribution < 1.29 is 31.1 Å². The fraction of sp³-hybridized carbons (Fsp3) is 0.680. The zero-order valence-electron chi connectivity index (χ0n) is 19.9. The third-order valence-electron chi connectivity index (χ3n) is 7.15. The average Bonchev–Trinajstić information content (AvgIpc) is 3.20. The van der Waals surface area contributed by atoms with Gasteiger partial charge in [0.15, 0.2) is 5.17 Å². The van der Waals surface area contributed by atoms with Gasteiger partial charge in [-0.25, -0.2) is 0 Å². The van der Waals surface area contributed by atoms with Crippen LogP contribution in [0.4, 0.5) is 32.0 Å². The van der Waals surface area contributed by atoms with Crippen LogP contribution in [0.25, 0.3) is 0 Å². The number of alkyl halides is 6. The molecule has 1 saturated heterocycles. The van der Waals surface area contributed by atoms with E-state index in [1.165, 1.54) is 6.42 Å². The van der Waals surface area contributed by atoms with Crippen LogP contribution in [0.3, 0.4) is 0 Å². The first kappa shape index (κ1) is 27.1. The highest BCUT2D eigenvalue weighted by molar-refractivity contribution is 8.14. The zero-order valence-corrected chi connectivity index (χ0v) is 20.7. The number of rotatable bonds is 5. The molecule has 2 aliphatic carbocycles. The Morgan fingerprint density at radius 3 is 2.00 bits per heavy atom. The second-order valence-corrected chi connectivity index (χ2v) is 10.9. The number of benzene rings is 1. The van der Waals surface area contributed by atoms with Crippen molar-refractivity contribution in [3.8, 4) is 0 Å². The van der Waals surface area contributed by atoms with E-state index in [9.17, 15) is 31.1 Å². The van der Waals surface area contributed by atoms with Crippen molar-refractivity contribution in [1.29, 1.82) is 0 Å². The minimum absolute atomic E-state index is 0.0230. The highest BCUT2D eigenvalue weighted by Crippen LogP contribution is 2.38. The third kappa shape index (κ3) is 6.89. The van der Waals surface area contributed by atoms with Crippen molar-refractivity contribution in [3.05, 3.63) is 29.3 Å². The van der Waals surface area contributed by atoms with Crippen molar-refractivity contribution in [2.24, 2.45) is 4.99 Å². The van der Waals surface area contributed by atoms with E-state index in [0.717, 1.165) is 63.0 Å². The van der Waals surface area contributed by atoms with Crippen LogP contribution in [-0.4, -0.2) is 39.9 Å². The molecule has 4 nitrogen and oxygen atoms in total. The molecule has 0 spiro atoms. The molecule has 36 heavy (non-hydrogen) atoms. The topological polar surface area (TPSA) is 44.7 Å². The predicted octanol–water partition coefficient (Wildman–Crippen LogP) is 7.49. The quantitative estimate of drug-likeness (QED) is 0.398. The molecule has 1 amide bonds. The van der Waals surface area contributed by atoms with Gasteiger partial charge in [-0.1, -0.05) is 50.3 Å². The Labute approximate surface area is 211 Å². The van der Waals surface area contributed by atoms with E-state index in [-0.39, 0.29) is 30.6 Å². The van der Waals surface area contributed by atoms with Gasteiger partial charge in [-0.15, -0.1) is 0 Å². The zero-order chi connectivity index (χ0) is 25.9. The van der Waals surface area contributed by atoms with Gasteiger partial charge in [0.05, 0.1) is 17.2 Å². The van der Waals surface area contributed by atoms with Gasteiger partial charge in [-0.3, -0.25) is 9.79 Å². The van der Waals surface area contributed by atoms with Crippen LogP contribution < -0.4 is 5.32 Å². The number of carbonyl (C=O) groups is 1. The van der Waals surface area contributed by atoms with E-state index < -0.39 is 35.1 Å². The van der Waals surface area contributed by atoms with Crippen LogP contribution in [0.15, 0.2) is 23.2 Å². The third-order valence-corrected chi connectivity index (χ3v) is 8.27. The van der Waals surface area contributed by atoms with E-state index in [4.69, 9.17) is 4.99 Å². The summed E-state index contributed by atoms with van der Waals surface area (Å²) in [7, 11) is 0. The highest BCUT2D eigenvalue weighted by atomic mass is 32.2. The summed E-state index contributed by atoms with van der Waals surface area (Å²) in [5.41, 5.74) is -3.40. The van der Waals surface area contributed by atoms with E-state index in [2.05, 4.69) is 10.2 Å². The first-order chi connectivity index (χ1) is 17.0. The minimum atomic E-state index is -4.97. The van der Waals surface area contributed by atoms with E-state index in [0.29, 0.717) is 17.9 Å². The van der Waals surface area contributed by atoms with Gasteiger partial charge >= 0.3 is 12.4 Å². The van der Waals surface area contributed by atoms with Crippen LogP contribution in [0.5, 0.6) is 0 Å². The lowest BCUT2D eigenvalue weighted by molar-refractivity contribution is -0.143. The molecule has 11 heteroatoms. The highest BCUT2D eigenvalue weighted by Gasteiger charge is 2.39. The number of carbonyl (C=O) groups excluding carboxylic acids is 1. The fourth-order valence-electron chi connectivity index (χ4n) is 5.38. The minimum Gasteiger partial charge on any atom is -0.344 e. The largest absolute Gasteiger partial charge is 0.416 e. The normalized spacial score (nSPS) is 23.9. The molecule has 2 saturated carbocycles. The number of nitrogens with zero attached hydrogens (tertiary/aromatic N) is 2. The van der Waals surface area contributed by atoms with Gasteiger partial charge in [0.1, 0.15) is 0 Å². The molecule has 200 valence electrons. The van der Waals surface area contributed by atoms with Crippen molar-refractivity contribution in [2.45, 2.75) is 101 Å². The number of amides is 1. The maximum atomic E-state index is 13.2. The first-order valence-corrected chi connectivity index (χ1v) is 13.6. The number of anilines is 1. The number of nitrogens with one attached hydrogen (secondary N) is 1. The van der Waals surface area contributed by atoms with Crippen molar-refractivity contribution >= 4 is 28.5 Å². The van der Waals surface area contributed by atoms with Crippen LogP contribution in [0, 0.1) is 0 Å². The Kier molecular flexibility index (Phi) is 8.46. The lowest BCUT2D eigenvalue weighted by Gasteiger charge is -2.37. The Hall–Kier alpha value is -1.91. The lowest BCUT2D eigenvalue weighted by atomic mass is 9.93. The summed E-state index contributed by atoms with van der Waals surface area (Å²) in [6.07, 6.45) is 0.977. The summed E-state index contributed by atoms with van der Waals surface area (Å²) < 4.78 is 79.1. The summed E-state index contributed by atoms with van der Waals surface area (Å²) in [6, 6.07) is 1.47. The molecule has 0 radical (unpaired) electrons. The molecule has 3 fully saturated rings. The second kappa shape index (κ2) is 11.2. The van der Waals surface area contributed by atoms with Crippen LogP contribution in [-0.2, 0) is 17.1 Å². The molecule has 3 aliphatic rings.